The minimum Gasteiger partial charge on any atom is -0.351 e. The van der Waals surface area contributed by atoms with Crippen molar-refractivity contribution in [3.63, 3.8) is 0 Å². The molecule has 0 aromatic carbocycles. The van der Waals surface area contributed by atoms with E-state index in [2.05, 4.69) is 16.9 Å². The highest BCUT2D eigenvalue weighted by molar-refractivity contribution is 5.79. The summed E-state index contributed by atoms with van der Waals surface area (Å²) in [5.41, 5.74) is -0.0623. The van der Waals surface area contributed by atoms with Crippen LogP contribution >= 0.6 is 0 Å². The zero-order valence-corrected chi connectivity index (χ0v) is 14.6. The summed E-state index contributed by atoms with van der Waals surface area (Å²) in [7, 11) is 2.09. The molecule has 0 bridgehead atoms. The number of amides is 1. The second kappa shape index (κ2) is 7.34. The summed E-state index contributed by atoms with van der Waals surface area (Å²) >= 11 is 0. The van der Waals surface area contributed by atoms with Crippen molar-refractivity contribution in [3.05, 3.63) is 22.7 Å². The van der Waals surface area contributed by atoms with Gasteiger partial charge in [0.25, 0.3) is 5.56 Å². The lowest BCUT2D eigenvalue weighted by Gasteiger charge is -2.38. The highest BCUT2D eigenvalue weighted by Crippen LogP contribution is 2.22. The third-order valence-corrected chi connectivity index (χ3v) is 5.12. The van der Waals surface area contributed by atoms with Gasteiger partial charge in [-0.15, -0.1) is 0 Å². The number of anilines is 1. The maximum atomic E-state index is 12.8. The average molecular weight is 333 g/mol. The Hall–Kier alpha value is -1.89. The zero-order chi connectivity index (χ0) is 17.1. The van der Waals surface area contributed by atoms with Crippen molar-refractivity contribution >= 4 is 11.7 Å². The van der Waals surface area contributed by atoms with Crippen LogP contribution in [0.2, 0.25) is 0 Å². The molecule has 24 heavy (non-hydrogen) atoms. The van der Waals surface area contributed by atoms with Crippen molar-refractivity contribution in [2.45, 2.75) is 26.3 Å². The lowest BCUT2D eigenvalue weighted by atomic mass is 9.96. The topological polar surface area (TPSA) is 61.7 Å². The number of hydrogen-bond donors (Lipinski definition) is 0. The van der Waals surface area contributed by atoms with Crippen LogP contribution in [0.3, 0.4) is 0 Å². The van der Waals surface area contributed by atoms with E-state index in [9.17, 15) is 9.59 Å². The van der Waals surface area contributed by atoms with Gasteiger partial charge in [-0.3, -0.25) is 9.59 Å². The molecule has 3 heterocycles. The summed E-state index contributed by atoms with van der Waals surface area (Å²) in [6, 6.07) is 0. The SMILES string of the molecule is CCn1ccnc(N2CCCC(C(=O)N3CCN(C)CC3)C2)c1=O. The average Bonchev–Trinajstić information content (AvgIpc) is 2.62. The molecule has 0 saturated carbocycles. The van der Waals surface area contributed by atoms with Gasteiger partial charge in [0.2, 0.25) is 5.91 Å². The number of aryl methyl sites for hydroxylation is 1. The maximum absolute atomic E-state index is 12.8. The van der Waals surface area contributed by atoms with Gasteiger partial charge >= 0.3 is 0 Å². The molecule has 0 aliphatic carbocycles. The number of likely N-dealkylation sites (N-methyl/N-ethyl adjacent to an activating group) is 1. The summed E-state index contributed by atoms with van der Waals surface area (Å²) < 4.78 is 1.66. The van der Waals surface area contributed by atoms with Gasteiger partial charge in [0.1, 0.15) is 0 Å². The number of nitrogens with zero attached hydrogens (tertiary/aromatic N) is 5. The van der Waals surface area contributed by atoms with Crippen molar-refractivity contribution in [3.8, 4) is 0 Å². The Labute approximate surface area is 142 Å². The predicted molar refractivity (Wildman–Crippen MR) is 93.2 cm³/mol. The molecular formula is C17H27N5O2. The van der Waals surface area contributed by atoms with E-state index in [1.807, 2.05) is 16.7 Å². The lowest BCUT2D eigenvalue weighted by Crippen LogP contribution is -2.52. The van der Waals surface area contributed by atoms with Crippen LogP contribution in [0.1, 0.15) is 19.8 Å². The standard InChI is InChI=1S/C17H27N5O2/c1-3-20-8-6-18-15(17(20)24)22-7-4-5-14(13-22)16(23)21-11-9-19(2)10-12-21/h6,8,14H,3-5,7,9-13H2,1-2H3. The van der Waals surface area contributed by atoms with Crippen molar-refractivity contribution < 1.29 is 4.79 Å². The number of carbonyl (C=O) groups is 1. The Kier molecular flexibility index (Phi) is 5.18. The number of rotatable bonds is 3. The zero-order valence-electron chi connectivity index (χ0n) is 14.6. The highest BCUT2D eigenvalue weighted by Gasteiger charge is 2.31. The Bertz CT molecular complexity index is 636. The third kappa shape index (κ3) is 3.45. The number of piperazine rings is 1. The molecule has 0 spiro atoms. The van der Waals surface area contributed by atoms with Crippen LogP contribution in [-0.2, 0) is 11.3 Å². The van der Waals surface area contributed by atoms with Crippen LogP contribution in [0.15, 0.2) is 17.2 Å². The molecule has 0 N–H and O–H groups in total. The number of carbonyl (C=O) groups excluding carboxylic acids is 1. The highest BCUT2D eigenvalue weighted by atomic mass is 16.2. The Morgan fingerprint density at radius 1 is 1.25 bits per heavy atom. The van der Waals surface area contributed by atoms with Gasteiger partial charge in [-0.25, -0.2) is 4.98 Å². The van der Waals surface area contributed by atoms with E-state index in [4.69, 9.17) is 0 Å². The minimum atomic E-state index is -0.0623. The van der Waals surface area contributed by atoms with E-state index in [-0.39, 0.29) is 17.4 Å². The normalized spacial score (nSPS) is 22.7. The first kappa shape index (κ1) is 17.0. The maximum Gasteiger partial charge on any atom is 0.293 e. The van der Waals surface area contributed by atoms with Crippen LogP contribution in [-0.4, -0.2) is 71.6 Å². The summed E-state index contributed by atoms with van der Waals surface area (Å²) in [4.78, 5) is 35.8. The Morgan fingerprint density at radius 3 is 2.71 bits per heavy atom. The largest absolute Gasteiger partial charge is 0.351 e. The molecule has 2 fully saturated rings. The van der Waals surface area contributed by atoms with Crippen molar-refractivity contribution in [2.75, 3.05) is 51.2 Å². The van der Waals surface area contributed by atoms with Crippen LogP contribution in [0.5, 0.6) is 0 Å². The molecule has 2 aliphatic rings. The fourth-order valence-electron chi connectivity index (χ4n) is 3.56. The summed E-state index contributed by atoms with van der Waals surface area (Å²) in [6.45, 7) is 7.44. The van der Waals surface area contributed by atoms with E-state index in [0.29, 0.717) is 18.9 Å². The minimum absolute atomic E-state index is 0.0290. The second-order valence-corrected chi connectivity index (χ2v) is 6.76. The first-order chi connectivity index (χ1) is 11.6. The van der Waals surface area contributed by atoms with E-state index in [1.54, 1.807) is 17.0 Å². The molecule has 7 heteroatoms. The van der Waals surface area contributed by atoms with E-state index in [1.165, 1.54) is 0 Å². The van der Waals surface area contributed by atoms with Crippen LogP contribution < -0.4 is 10.5 Å². The lowest BCUT2D eigenvalue weighted by molar-refractivity contribution is -0.137. The fourth-order valence-corrected chi connectivity index (χ4v) is 3.56. The summed E-state index contributed by atoms with van der Waals surface area (Å²) in [5, 5.41) is 0. The van der Waals surface area contributed by atoms with Gasteiger partial charge in [0, 0.05) is 58.2 Å². The van der Waals surface area contributed by atoms with Gasteiger partial charge in [0.05, 0.1) is 5.92 Å². The van der Waals surface area contributed by atoms with Crippen molar-refractivity contribution in [1.29, 1.82) is 0 Å². The first-order valence-electron chi connectivity index (χ1n) is 8.88. The second-order valence-electron chi connectivity index (χ2n) is 6.76. The molecule has 7 nitrogen and oxygen atoms in total. The van der Waals surface area contributed by atoms with Crippen molar-refractivity contribution in [2.24, 2.45) is 5.92 Å². The molecule has 1 unspecified atom stereocenters. The predicted octanol–water partition coefficient (Wildman–Crippen LogP) is 0.254. The smallest absolute Gasteiger partial charge is 0.293 e. The monoisotopic (exact) mass is 333 g/mol. The first-order valence-corrected chi connectivity index (χ1v) is 8.88. The van der Waals surface area contributed by atoms with Gasteiger partial charge in [0.15, 0.2) is 5.82 Å². The van der Waals surface area contributed by atoms with Gasteiger partial charge in [-0.05, 0) is 26.8 Å². The molecule has 1 atom stereocenters. The quantitative estimate of drug-likeness (QED) is 0.794. The Balaban J connectivity index is 1.70. The Morgan fingerprint density at radius 2 is 2.00 bits per heavy atom. The van der Waals surface area contributed by atoms with E-state index in [0.717, 1.165) is 45.6 Å². The van der Waals surface area contributed by atoms with E-state index >= 15 is 0 Å². The third-order valence-electron chi connectivity index (χ3n) is 5.12. The molecule has 3 rings (SSSR count). The van der Waals surface area contributed by atoms with Crippen LogP contribution in [0.25, 0.3) is 0 Å². The van der Waals surface area contributed by atoms with Crippen LogP contribution in [0.4, 0.5) is 5.82 Å². The molecule has 132 valence electrons. The molecule has 1 aromatic rings. The molecular weight excluding hydrogens is 306 g/mol. The van der Waals surface area contributed by atoms with Gasteiger partial charge in [-0.1, -0.05) is 0 Å². The molecule has 1 amide bonds. The molecule has 1 aromatic heterocycles. The molecule has 0 radical (unpaired) electrons. The van der Waals surface area contributed by atoms with Gasteiger partial charge < -0.3 is 19.3 Å². The molecule has 2 saturated heterocycles. The summed E-state index contributed by atoms with van der Waals surface area (Å²) in [5.74, 6) is 0.688. The molecule has 2 aliphatic heterocycles. The number of aromatic nitrogens is 2. The van der Waals surface area contributed by atoms with Crippen LogP contribution in [0, 0.1) is 5.92 Å². The van der Waals surface area contributed by atoms with E-state index < -0.39 is 0 Å². The summed E-state index contributed by atoms with van der Waals surface area (Å²) in [6.07, 6.45) is 5.21. The van der Waals surface area contributed by atoms with Gasteiger partial charge in [-0.2, -0.15) is 0 Å². The number of piperidine rings is 1. The van der Waals surface area contributed by atoms with Crippen molar-refractivity contribution in [1.82, 2.24) is 19.4 Å². The fraction of sp³-hybridized carbons (Fsp3) is 0.706. The number of hydrogen-bond acceptors (Lipinski definition) is 5.